The van der Waals surface area contributed by atoms with E-state index < -0.39 is 0 Å². The standard InChI is InChI=1S/C13H17N3O2/c1-16(2)13(18)9-5-8(6-10(14)7-9)12(17)15-11-3-4-11/h5-7,11H,3-4,14H2,1-2H3,(H,15,17). The predicted molar refractivity (Wildman–Crippen MR) is 69.4 cm³/mol. The molecule has 2 amide bonds. The third kappa shape index (κ3) is 2.80. The van der Waals surface area contributed by atoms with Crippen LogP contribution in [0.4, 0.5) is 5.69 Å². The summed E-state index contributed by atoms with van der Waals surface area (Å²) in [5, 5.41) is 2.87. The Morgan fingerprint density at radius 2 is 1.83 bits per heavy atom. The number of amides is 2. The van der Waals surface area contributed by atoms with Gasteiger partial charge in [0.15, 0.2) is 0 Å². The van der Waals surface area contributed by atoms with Crippen LogP contribution in [0.3, 0.4) is 0 Å². The van der Waals surface area contributed by atoms with Crippen LogP contribution in [0.5, 0.6) is 0 Å². The van der Waals surface area contributed by atoms with Gasteiger partial charge < -0.3 is 16.0 Å². The van der Waals surface area contributed by atoms with E-state index in [1.165, 1.54) is 4.90 Å². The summed E-state index contributed by atoms with van der Waals surface area (Å²) >= 11 is 0. The second kappa shape index (κ2) is 4.68. The SMILES string of the molecule is CN(C)C(=O)c1cc(N)cc(C(=O)NC2CC2)c1. The van der Waals surface area contributed by atoms with Crippen LogP contribution in [0.1, 0.15) is 33.6 Å². The average molecular weight is 247 g/mol. The summed E-state index contributed by atoms with van der Waals surface area (Å²) in [6.07, 6.45) is 2.05. The molecule has 2 rings (SSSR count). The molecule has 5 nitrogen and oxygen atoms in total. The van der Waals surface area contributed by atoms with Crippen molar-refractivity contribution in [2.75, 3.05) is 19.8 Å². The fourth-order valence-corrected chi connectivity index (χ4v) is 1.66. The van der Waals surface area contributed by atoms with Gasteiger partial charge in [0, 0.05) is 37.0 Å². The van der Waals surface area contributed by atoms with E-state index in [-0.39, 0.29) is 17.9 Å². The maximum Gasteiger partial charge on any atom is 0.253 e. The number of anilines is 1. The summed E-state index contributed by atoms with van der Waals surface area (Å²) in [5.41, 5.74) is 7.02. The number of nitrogens with zero attached hydrogens (tertiary/aromatic N) is 1. The topological polar surface area (TPSA) is 75.4 Å². The van der Waals surface area contributed by atoms with E-state index in [0.29, 0.717) is 16.8 Å². The first kappa shape index (κ1) is 12.4. The molecule has 1 fully saturated rings. The number of benzene rings is 1. The van der Waals surface area contributed by atoms with Gasteiger partial charge in [0.2, 0.25) is 0 Å². The van der Waals surface area contributed by atoms with Crippen molar-refractivity contribution in [2.24, 2.45) is 0 Å². The zero-order valence-electron chi connectivity index (χ0n) is 10.6. The molecule has 1 aliphatic carbocycles. The quantitative estimate of drug-likeness (QED) is 0.778. The lowest BCUT2D eigenvalue weighted by Crippen LogP contribution is -2.26. The van der Waals surface area contributed by atoms with E-state index in [9.17, 15) is 9.59 Å². The second-order valence-electron chi connectivity index (χ2n) is 4.79. The number of nitrogens with one attached hydrogen (secondary N) is 1. The Morgan fingerprint density at radius 1 is 1.22 bits per heavy atom. The van der Waals surface area contributed by atoms with Crippen molar-refractivity contribution in [2.45, 2.75) is 18.9 Å². The molecule has 0 aromatic heterocycles. The molecule has 0 bridgehead atoms. The Kier molecular flexibility index (Phi) is 3.23. The molecule has 1 aromatic rings. The van der Waals surface area contributed by atoms with Crippen LogP contribution < -0.4 is 11.1 Å². The summed E-state index contributed by atoms with van der Waals surface area (Å²) in [5.74, 6) is -0.333. The molecule has 96 valence electrons. The summed E-state index contributed by atoms with van der Waals surface area (Å²) in [6, 6.07) is 5.03. The van der Waals surface area contributed by atoms with Gasteiger partial charge in [0.25, 0.3) is 11.8 Å². The molecular weight excluding hydrogens is 230 g/mol. The Labute approximate surface area is 106 Å². The highest BCUT2D eigenvalue weighted by Gasteiger charge is 2.24. The molecular formula is C13H17N3O2. The smallest absolute Gasteiger partial charge is 0.253 e. The molecule has 1 aliphatic rings. The minimum atomic E-state index is -0.169. The molecule has 1 aromatic carbocycles. The van der Waals surface area contributed by atoms with Crippen molar-refractivity contribution in [1.29, 1.82) is 0 Å². The number of carbonyl (C=O) groups excluding carboxylic acids is 2. The number of hydrogen-bond donors (Lipinski definition) is 2. The van der Waals surface area contributed by atoms with Crippen LogP contribution in [-0.2, 0) is 0 Å². The number of hydrogen-bond acceptors (Lipinski definition) is 3. The van der Waals surface area contributed by atoms with Crippen molar-refractivity contribution >= 4 is 17.5 Å². The van der Waals surface area contributed by atoms with E-state index in [4.69, 9.17) is 5.73 Å². The zero-order valence-corrected chi connectivity index (χ0v) is 10.6. The first-order valence-electron chi connectivity index (χ1n) is 5.90. The minimum Gasteiger partial charge on any atom is -0.399 e. The fraction of sp³-hybridized carbons (Fsp3) is 0.385. The molecule has 0 spiro atoms. The van der Waals surface area contributed by atoms with Crippen LogP contribution >= 0.6 is 0 Å². The maximum atomic E-state index is 11.9. The van der Waals surface area contributed by atoms with Crippen molar-refractivity contribution < 1.29 is 9.59 Å². The van der Waals surface area contributed by atoms with Gasteiger partial charge in [-0.1, -0.05) is 0 Å². The zero-order chi connectivity index (χ0) is 13.3. The predicted octanol–water partition coefficient (Wildman–Crippen LogP) is 0.863. The first-order chi connectivity index (χ1) is 8.47. The largest absolute Gasteiger partial charge is 0.399 e. The van der Waals surface area contributed by atoms with Crippen LogP contribution in [0.15, 0.2) is 18.2 Å². The number of nitrogen functional groups attached to an aromatic ring is 1. The molecule has 0 saturated heterocycles. The Morgan fingerprint density at radius 3 is 2.39 bits per heavy atom. The van der Waals surface area contributed by atoms with E-state index in [0.717, 1.165) is 12.8 Å². The number of rotatable bonds is 3. The third-order valence-electron chi connectivity index (χ3n) is 2.78. The second-order valence-corrected chi connectivity index (χ2v) is 4.79. The molecule has 18 heavy (non-hydrogen) atoms. The molecule has 0 unspecified atom stereocenters. The number of nitrogens with two attached hydrogens (primary N) is 1. The molecule has 5 heteroatoms. The van der Waals surface area contributed by atoms with Crippen molar-refractivity contribution in [1.82, 2.24) is 10.2 Å². The molecule has 0 aliphatic heterocycles. The van der Waals surface area contributed by atoms with Crippen LogP contribution in [0, 0.1) is 0 Å². The van der Waals surface area contributed by atoms with Crippen LogP contribution in [0.2, 0.25) is 0 Å². The molecule has 0 heterocycles. The summed E-state index contributed by atoms with van der Waals surface area (Å²) in [6.45, 7) is 0. The average Bonchev–Trinajstić information content (AvgIpc) is 3.10. The molecule has 3 N–H and O–H groups in total. The van der Waals surface area contributed by atoms with E-state index in [1.54, 1.807) is 32.3 Å². The highest BCUT2D eigenvalue weighted by atomic mass is 16.2. The third-order valence-corrected chi connectivity index (χ3v) is 2.78. The molecule has 0 radical (unpaired) electrons. The highest BCUT2D eigenvalue weighted by molar-refractivity contribution is 6.01. The van der Waals surface area contributed by atoms with E-state index >= 15 is 0 Å². The summed E-state index contributed by atoms with van der Waals surface area (Å²) in [7, 11) is 3.32. The molecule has 0 atom stereocenters. The molecule has 1 saturated carbocycles. The van der Waals surface area contributed by atoms with Gasteiger partial charge in [-0.2, -0.15) is 0 Å². The lowest BCUT2D eigenvalue weighted by Gasteiger charge is -2.12. The van der Waals surface area contributed by atoms with Gasteiger partial charge in [0.1, 0.15) is 0 Å². The Balaban J connectivity index is 2.25. The van der Waals surface area contributed by atoms with Gasteiger partial charge in [-0.05, 0) is 31.0 Å². The van der Waals surface area contributed by atoms with Gasteiger partial charge in [-0.3, -0.25) is 9.59 Å². The van der Waals surface area contributed by atoms with Gasteiger partial charge >= 0.3 is 0 Å². The van der Waals surface area contributed by atoms with Gasteiger partial charge in [0.05, 0.1) is 0 Å². The Hall–Kier alpha value is -2.04. The lowest BCUT2D eigenvalue weighted by molar-refractivity contribution is 0.0827. The Bertz CT molecular complexity index is 493. The van der Waals surface area contributed by atoms with Crippen LogP contribution in [0.25, 0.3) is 0 Å². The van der Waals surface area contributed by atoms with Gasteiger partial charge in [-0.25, -0.2) is 0 Å². The van der Waals surface area contributed by atoms with Crippen LogP contribution in [-0.4, -0.2) is 36.9 Å². The maximum absolute atomic E-state index is 11.9. The first-order valence-corrected chi connectivity index (χ1v) is 5.90. The van der Waals surface area contributed by atoms with E-state index in [1.807, 2.05) is 0 Å². The highest BCUT2D eigenvalue weighted by Crippen LogP contribution is 2.20. The minimum absolute atomic E-state index is 0.164. The number of carbonyl (C=O) groups is 2. The monoisotopic (exact) mass is 247 g/mol. The van der Waals surface area contributed by atoms with Crippen molar-refractivity contribution in [3.63, 3.8) is 0 Å². The lowest BCUT2D eigenvalue weighted by atomic mass is 10.1. The summed E-state index contributed by atoms with van der Waals surface area (Å²) in [4.78, 5) is 25.2. The van der Waals surface area contributed by atoms with Gasteiger partial charge in [-0.15, -0.1) is 0 Å². The van der Waals surface area contributed by atoms with Crippen molar-refractivity contribution in [3.8, 4) is 0 Å². The summed E-state index contributed by atoms with van der Waals surface area (Å²) < 4.78 is 0. The van der Waals surface area contributed by atoms with Crippen molar-refractivity contribution in [3.05, 3.63) is 29.3 Å². The normalized spacial score (nSPS) is 14.1. The fourth-order valence-electron chi connectivity index (χ4n) is 1.66. The van der Waals surface area contributed by atoms with E-state index in [2.05, 4.69) is 5.32 Å².